The third-order valence-corrected chi connectivity index (χ3v) is 2.35. The Bertz CT molecular complexity index is 485. The van der Waals surface area contributed by atoms with Crippen molar-refractivity contribution in [1.29, 1.82) is 0 Å². The van der Waals surface area contributed by atoms with Crippen LogP contribution in [-0.2, 0) is 0 Å². The van der Waals surface area contributed by atoms with Gasteiger partial charge in [-0.3, -0.25) is 0 Å². The number of rotatable bonds is 1. The lowest BCUT2D eigenvalue weighted by atomic mass is 10.2. The van der Waals surface area contributed by atoms with Crippen LogP contribution in [0.25, 0.3) is 11.4 Å². The molecule has 2 rings (SSSR count). The Balaban J connectivity index is 2.53. The van der Waals surface area contributed by atoms with Crippen molar-refractivity contribution < 1.29 is 4.39 Å². The molecule has 1 heterocycles. The van der Waals surface area contributed by atoms with E-state index in [1.807, 2.05) is 0 Å². The van der Waals surface area contributed by atoms with Crippen LogP contribution in [0.1, 0.15) is 0 Å². The third-order valence-electron chi connectivity index (χ3n) is 1.79. The molecule has 0 bridgehead atoms. The van der Waals surface area contributed by atoms with Gasteiger partial charge >= 0.3 is 0 Å². The van der Waals surface area contributed by atoms with Crippen molar-refractivity contribution in [2.24, 2.45) is 0 Å². The highest BCUT2D eigenvalue weighted by molar-refractivity contribution is 6.35. The summed E-state index contributed by atoms with van der Waals surface area (Å²) in [7, 11) is 0. The Kier molecular flexibility index (Phi) is 2.84. The van der Waals surface area contributed by atoms with Crippen molar-refractivity contribution >= 4 is 23.2 Å². The van der Waals surface area contributed by atoms with Crippen molar-refractivity contribution in [1.82, 2.24) is 9.97 Å². The highest BCUT2D eigenvalue weighted by Crippen LogP contribution is 2.27. The Hall–Kier alpha value is -1.19. The van der Waals surface area contributed by atoms with Gasteiger partial charge in [0.2, 0.25) is 0 Å². The Morgan fingerprint density at radius 2 is 1.73 bits per heavy atom. The normalized spacial score (nSPS) is 10.3. The first-order chi connectivity index (χ1) is 7.16. The third kappa shape index (κ3) is 2.25. The first kappa shape index (κ1) is 10.3. The van der Waals surface area contributed by atoms with E-state index in [-0.39, 0.29) is 0 Å². The lowest BCUT2D eigenvalue weighted by molar-refractivity contribution is 0.614. The van der Waals surface area contributed by atoms with Crippen LogP contribution in [0.2, 0.25) is 10.0 Å². The summed E-state index contributed by atoms with van der Waals surface area (Å²) in [5.41, 5.74) is 0.587. The summed E-state index contributed by atoms with van der Waals surface area (Å²) in [6.07, 6.45) is 2.17. The average molecular weight is 243 g/mol. The number of nitrogens with zero attached hydrogens (tertiary/aromatic N) is 2. The molecule has 2 aromatic rings. The van der Waals surface area contributed by atoms with Crippen LogP contribution in [0.15, 0.2) is 30.6 Å². The molecular formula is C10H5Cl2FN2. The minimum absolute atomic E-state index is 0.351. The second-order valence-electron chi connectivity index (χ2n) is 2.85. The number of hydrogen-bond acceptors (Lipinski definition) is 2. The molecule has 76 valence electrons. The second-order valence-corrected chi connectivity index (χ2v) is 3.69. The number of halogens is 3. The summed E-state index contributed by atoms with van der Waals surface area (Å²) in [6.45, 7) is 0. The molecule has 0 aliphatic carbocycles. The Labute approximate surface area is 95.7 Å². The molecule has 0 saturated heterocycles. The summed E-state index contributed by atoms with van der Waals surface area (Å²) >= 11 is 11.7. The van der Waals surface area contributed by atoms with Gasteiger partial charge in [-0.05, 0) is 18.2 Å². The number of hydrogen-bond donors (Lipinski definition) is 0. The Morgan fingerprint density at radius 1 is 1.07 bits per heavy atom. The molecule has 0 aliphatic heterocycles. The highest BCUT2D eigenvalue weighted by Gasteiger charge is 2.07. The van der Waals surface area contributed by atoms with Crippen LogP contribution in [0.3, 0.4) is 0 Å². The van der Waals surface area contributed by atoms with Crippen LogP contribution < -0.4 is 0 Å². The summed E-state index contributed by atoms with van der Waals surface area (Å²) in [4.78, 5) is 7.64. The molecule has 0 radical (unpaired) electrons. The lowest BCUT2D eigenvalue weighted by Crippen LogP contribution is -1.90. The summed E-state index contributed by atoms with van der Waals surface area (Å²) < 4.78 is 12.6. The maximum atomic E-state index is 12.6. The fraction of sp³-hybridized carbons (Fsp3) is 0. The fourth-order valence-electron chi connectivity index (χ4n) is 1.12. The topological polar surface area (TPSA) is 25.8 Å². The van der Waals surface area contributed by atoms with Gasteiger partial charge in [-0.1, -0.05) is 23.2 Å². The molecule has 15 heavy (non-hydrogen) atoms. The predicted octanol–water partition coefficient (Wildman–Crippen LogP) is 3.59. The van der Waals surface area contributed by atoms with Crippen molar-refractivity contribution in [2.75, 3.05) is 0 Å². The van der Waals surface area contributed by atoms with E-state index in [1.165, 1.54) is 0 Å². The molecule has 0 unspecified atom stereocenters. The fourth-order valence-corrected chi connectivity index (χ4v) is 1.49. The minimum atomic E-state index is -0.489. The predicted molar refractivity (Wildman–Crippen MR) is 57.4 cm³/mol. The van der Waals surface area contributed by atoms with Gasteiger partial charge in [-0.25, -0.2) is 14.4 Å². The molecule has 0 aliphatic rings. The first-order valence-corrected chi connectivity index (χ1v) is 4.85. The molecule has 0 atom stereocenters. The molecule has 0 spiro atoms. The Morgan fingerprint density at radius 3 is 2.40 bits per heavy atom. The zero-order valence-electron chi connectivity index (χ0n) is 7.42. The molecular weight excluding hydrogens is 238 g/mol. The molecule has 0 saturated carbocycles. The van der Waals surface area contributed by atoms with E-state index in [2.05, 4.69) is 9.97 Å². The van der Waals surface area contributed by atoms with Gasteiger partial charge in [0.25, 0.3) is 0 Å². The van der Waals surface area contributed by atoms with Gasteiger partial charge in [0.1, 0.15) is 0 Å². The van der Waals surface area contributed by atoms with Gasteiger partial charge in [-0.15, -0.1) is 0 Å². The van der Waals surface area contributed by atoms with Gasteiger partial charge in [0.15, 0.2) is 11.6 Å². The van der Waals surface area contributed by atoms with Crippen molar-refractivity contribution in [3.63, 3.8) is 0 Å². The van der Waals surface area contributed by atoms with Crippen LogP contribution in [0, 0.1) is 5.82 Å². The van der Waals surface area contributed by atoms with Gasteiger partial charge in [-0.2, -0.15) is 0 Å². The molecule has 1 aromatic heterocycles. The van der Waals surface area contributed by atoms with E-state index in [0.717, 1.165) is 12.4 Å². The second kappa shape index (κ2) is 4.13. The van der Waals surface area contributed by atoms with E-state index < -0.39 is 5.82 Å². The van der Waals surface area contributed by atoms with Crippen LogP contribution in [-0.4, -0.2) is 9.97 Å². The van der Waals surface area contributed by atoms with E-state index in [9.17, 15) is 4.39 Å². The zero-order valence-corrected chi connectivity index (χ0v) is 8.93. The van der Waals surface area contributed by atoms with Gasteiger partial charge < -0.3 is 0 Å². The molecule has 0 fully saturated rings. The zero-order chi connectivity index (χ0) is 10.8. The average Bonchev–Trinajstić information content (AvgIpc) is 2.23. The van der Waals surface area contributed by atoms with Gasteiger partial charge in [0.05, 0.1) is 17.4 Å². The van der Waals surface area contributed by atoms with E-state index in [0.29, 0.717) is 21.4 Å². The van der Waals surface area contributed by atoms with E-state index >= 15 is 0 Å². The lowest BCUT2D eigenvalue weighted by Gasteiger charge is -2.02. The molecule has 2 nitrogen and oxygen atoms in total. The molecule has 5 heteroatoms. The maximum Gasteiger partial charge on any atom is 0.160 e. The first-order valence-electron chi connectivity index (χ1n) is 4.10. The van der Waals surface area contributed by atoms with Crippen molar-refractivity contribution in [2.45, 2.75) is 0 Å². The SMILES string of the molecule is Fc1cnc(-c2cc(Cl)ccc2Cl)nc1. The summed E-state index contributed by atoms with van der Waals surface area (Å²) in [6, 6.07) is 4.94. The standard InChI is InChI=1S/C10H5Cl2FN2/c11-6-1-2-9(12)8(3-6)10-14-4-7(13)5-15-10/h1-5H. The smallest absolute Gasteiger partial charge is 0.160 e. The van der Waals surface area contributed by atoms with Crippen LogP contribution in [0.4, 0.5) is 4.39 Å². The molecule has 0 amide bonds. The number of aromatic nitrogens is 2. The van der Waals surface area contributed by atoms with Gasteiger partial charge in [0, 0.05) is 10.6 Å². The summed E-state index contributed by atoms with van der Waals surface area (Å²) in [5, 5.41) is 1.01. The largest absolute Gasteiger partial charge is 0.233 e. The highest BCUT2D eigenvalue weighted by atomic mass is 35.5. The van der Waals surface area contributed by atoms with Crippen molar-refractivity contribution in [3.8, 4) is 11.4 Å². The summed E-state index contributed by atoms with van der Waals surface area (Å²) in [5.74, 6) is -0.138. The van der Waals surface area contributed by atoms with E-state index in [4.69, 9.17) is 23.2 Å². The van der Waals surface area contributed by atoms with Crippen molar-refractivity contribution in [3.05, 3.63) is 46.5 Å². The monoisotopic (exact) mass is 242 g/mol. The minimum Gasteiger partial charge on any atom is -0.233 e. The van der Waals surface area contributed by atoms with Crippen LogP contribution >= 0.6 is 23.2 Å². The maximum absolute atomic E-state index is 12.6. The molecule has 1 aromatic carbocycles. The van der Waals surface area contributed by atoms with E-state index in [1.54, 1.807) is 18.2 Å². The number of benzene rings is 1. The van der Waals surface area contributed by atoms with Crippen LogP contribution in [0.5, 0.6) is 0 Å². The molecule has 0 N–H and O–H groups in total. The quantitative estimate of drug-likeness (QED) is 0.764.